The minimum atomic E-state index is -1.25. The van der Waals surface area contributed by atoms with Crippen molar-refractivity contribution in [2.75, 3.05) is 0 Å². The van der Waals surface area contributed by atoms with Crippen LogP contribution < -0.4 is 0 Å². The molecule has 1 unspecified atom stereocenters. The van der Waals surface area contributed by atoms with Crippen LogP contribution >= 0.6 is 0 Å². The van der Waals surface area contributed by atoms with Crippen molar-refractivity contribution in [3.8, 4) is 0 Å². The number of nitrogens with zero attached hydrogens (tertiary/aromatic N) is 2. The van der Waals surface area contributed by atoms with E-state index in [2.05, 4.69) is 0 Å². The van der Waals surface area contributed by atoms with E-state index in [-0.39, 0.29) is 19.3 Å². The van der Waals surface area contributed by atoms with Crippen molar-refractivity contribution in [3.05, 3.63) is 0 Å². The van der Waals surface area contributed by atoms with Gasteiger partial charge in [-0.2, -0.15) is 0 Å². The van der Waals surface area contributed by atoms with E-state index in [0.29, 0.717) is 4.90 Å². The fourth-order valence-corrected chi connectivity index (χ4v) is 3.05. The molecule has 4 amide bonds. The molecule has 1 heterocycles. The lowest BCUT2D eigenvalue weighted by Gasteiger charge is -2.31. The van der Waals surface area contributed by atoms with Gasteiger partial charge < -0.3 is 14.6 Å². The molecule has 0 bridgehead atoms. The highest BCUT2D eigenvalue weighted by molar-refractivity contribution is 6.04. The summed E-state index contributed by atoms with van der Waals surface area (Å²) in [6.45, 7) is 9.70. The van der Waals surface area contributed by atoms with E-state index < -0.39 is 59.2 Å². The lowest BCUT2D eigenvalue weighted by Crippen LogP contribution is -2.53. The Balaban J connectivity index is 2.29. The second-order valence-corrected chi connectivity index (χ2v) is 9.23. The number of carbonyl (C=O) groups excluding carboxylic acids is 4. The van der Waals surface area contributed by atoms with Crippen LogP contribution in [0.4, 0.5) is 9.59 Å². The Morgan fingerprint density at radius 1 is 1.03 bits per heavy atom. The highest BCUT2D eigenvalue weighted by atomic mass is 16.6. The van der Waals surface area contributed by atoms with Crippen molar-refractivity contribution in [2.24, 2.45) is 5.92 Å². The first-order valence-electron chi connectivity index (χ1n) is 9.46. The van der Waals surface area contributed by atoms with Crippen molar-refractivity contribution in [3.63, 3.8) is 0 Å². The zero-order valence-electron chi connectivity index (χ0n) is 17.6. The summed E-state index contributed by atoms with van der Waals surface area (Å²) in [6, 6.07) is -2.13. The third kappa shape index (κ3) is 5.45. The SMILES string of the molecule is CC(C)(C)OC(=O)N1C(=O)CCC1C(=O)N(C(=O)OC(C)(C)C)[C@@H]1C[C@H]1C(=O)O. The predicted octanol–water partition coefficient (Wildman–Crippen LogP) is 2.15. The van der Waals surface area contributed by atoms with Crippen molar-refractivity contribution in [1.29, 1.82) is 0 Å². The van der Waals surface area contributed by atoms with Gasteiger partial charge in [0, 0.05) is 6.42 Å². The Bertz CT molecular complexity index is 733. The fourth-order valence-electron chi connectivity index (χ4n) is 3.05. The van der Waals surface area contributed by atoms with Crippen LogP contribution in [0.25, 0.3) is 0 Å². The first kappa shape index (κ1) is 22.6. The zero-order valence-corrected chi connectivity index (χ0v) is 17.6. The molecule has 0 radical (unpaired) electrons. The summed E-state index contributed by atoms with van der Waals surface area (Å²) >= 11 is 0. The Kier molecular flexibility index (Phi) is 5.97. The number of hydrogen-bond donors (Lipinski definition) is 1. The number of ether oxygens (including phenoxy) is 2. The molecule has 1 aliphatic heterocycles. The molecule has 0 aromatic rings. The van der Waals surface area contributed by atoms with Gasteiger partial charge >= 0.3 is 18.2 Å². The van der Waals surface area contributed by atoms with E-state index in [1.165, 1.54) is 0 Å². The minimum Gasteiger partial charge on any atom is -0.481 e. The van der Waals surface area contributed by atoms with Crippen LogP contribution in [-0.4, -0.2) is 68.2 Å². The lowest BCUT2D eigenvalue weighted by molar-refractivity contribution is -0.142. The number of carbonyl (C=O) groups is 5. The summed E-state index contributed by atoms with van der Waals surface area (Å²) in [5.41, 5.74) is -1.80. The molecule has 1 saturated heterocycles. The van der Waals surface area contributed by atoms with Crippen LogP contribution in [0, 0.1) is 5.92 Å². The largest absolute Gasteiger partial charge is 0.481 e. The molecule has 10 nitrogen and oxygen atoms in total. The van der Waals surface area contributed by atoms with Crippen LogP contribution in [0.3, 0.4) is 0 Å². The van der Waals surface area contributed by atoms with Crippen LogP contribution in [0.5, 0.6) is 0 Å². The Labute approximate surface area is 169 Å². The smallest absolute Gasteiger partial charge is 0.417 e. The van der Waals surface area contributed by atoms with Gasteiger partial charge in [0.05, 0.1) is 12.0 Å². The molecule has 0 aromatic carbocycles. The van der Waals surface area contributed by atoms with Gasteiger partial charge in [-0.15, -0.1) is 0 Å². The molecular formula is C19H28N2O8. The minimum absolute atomic E-state index is 0.0145. The number of amides is 4. The quantitative estimate of drug-likeness (QED) is 0.746. The number of aliphatic carboxylic acids is 1. The van der Waals surface area contributed by atoms with Crippen LogP contribution in [-0.2, 0) is 23.9 Å². The van der Waals surface area contributed by atoms with E-state index in [4.69, 9.17) is 9.47 Å². The Morgan fingerprint density at radius 3 is 2.03 bits per heavy atom. The summed E-state index contributed by atoms with van der Waals surface area (Å²) in [7, 11) is 0. The maximum absolute atomic E-state index is 13.2. The predicted molar refractivity (Wildman–Crippen MR) is 98.7 cm³/mol. The van der Waals surface area contributed by atoms with Crippen molar-refractivity contribution >= 4 is 30.0 Å². The lowest BCUT2D eigenvalue weighted by atomic mass is 10.1. The molecule has 0 aromatic heterocycles. The molecule has 10 heteroatoms. The zero-order chi connectivity index (χ0) is 22.3. The second-order valence-electron chi connectivity index (χ2n) is 9.23. The van der Waals surface area contributed by atoms with Gasteiger partial charge in [-0.3, -0.25) is 14.4 Å². The van der Waals surface area contributed by atoms with Gasteiger partial charge in [-0.1, -0.05) is 0 Å². The normalized spacial score (nSPS) is 24.1. The fraction of sp³-hybridized carbons (Fsp3) is 0.737. The van der Waals surface area contributed by atoms with Crippen LogP contribution in [0.15, 0.2) is 0 Å². The van der Waals surface area contributed by atoms with Crippen LogP contribution in [0.2, 0.25) is 0 Å². The first-order valence-corrected chi connectivity index (χ1v) is 9.46. The topological polar surface area (TPSA) is 131 Å². The summed E-state index contributed by atoms with van der Waals surface area (Å²) in [5, 5.41) is 9.22. The number of carboxylic acids is 1. The maximum Gasteiger partial charge on any atom is 0.417 e. The first-order chi connectivity index (χ1) is 13.1. The van der Waals surface area contributed by atoms with E-state index in [1.54, 1.807) is 41.5 Å². The van der Waals surface area contributed by atoms with Gasteiger partial charge in [0.1, 0.15) is 17.2 Å². The molecule has 2 aliphatic rings. The number of likely N-dealkylation sites (tertiary alicyclic amines) is 1. The molecule has 3 atom stereocenters. The molecule has 0 spiro atoms. The Hall–Kier alpha value is -2.65. The van der Waals surface area contributed by atoms with Gasteiger partial charge in [0.25, 0.3) is 5.91 Å². The van der Waals surface area contributed by atoms with E-state index in [0.717, 1.165) is 4.90 Å². The number of rotatable bonds is 3. The highest BCUT2D eigenvalue weighted by Crippen LogP contribution is 2.38. The van der Waals surface area contributed by atoms with E-state index >= 15 is 0 Å². The van der Waals surface area contributed by atoms with Crippen LogP contribution in [0.1, 0.15) is 60.8 Å². The summed E-state index contributed by atoms with van der Waals surface area (Å²) < 4.78 is 10.5. The van der Waals surface area contributed by atoms with Gasteiger partial charge in [0.15, 0.2) is 0 Å². The summed E-state index contributed by atoms with van der Waals surface area (Å²) in [5.74, 6) is -3.47. The average molecular weight is 412 g/mol. The number of imide groups is 2. The summed E-state index contributed by atoms with van der Waals surface area (Å²) in [4.78, 5) is 63.3. The number of carboxylic acid groups (broad SMARTS) is 1. The molecule has 162 valence electrons. The van der Waals surface area contributed by atoms with Gasteiger partial charge in [-0.05, 0) is 54.4 Å². The van der Waals surface area contributed by atoms with Crippen molar-refractivity contribution in [1.82, 2.24) is 9.80 Å². The molecule has 1 aliphatic carbocycles. The Morgan fingerprint density at radius 2 is 1.59 bits per heavy atom. The van der Waals surface area contributed by atoms with Gasteiger partial charge in [-0.25, -0.2) is 19.4 Å². The number of hydrogen-bond acceptors (Lipinski definition) is 7. The second kappa shape index (κ2) is 7.64. The maximum atomic E-state index is 13.2. The van der Waals surface area contributed by atoms with Crippen molar-refractivity contribution in [2.45, 2.75) is 84.1 Å². The summed E-state index contributed by atoms with van der Waals surface area (Å²) in [6.07, 6.45) is -1.94. The highest BCUT2D eigenvalue weighted by Gasteiger charge is 2.55. The average Bonchev–Trinajstić information content (AvgIpc) is 3.18. The molecule has 2 fully saturated rings. The van der Waals surface area contributed by atoms with E-state index in [1.807, 2.05) is 0 Å². The van der Waals surface area contributed by atoms with Gasteiger partial charge in [0.2, 0.25) is 5.91 Å². The molecule has 1 saturated carbocycles. The third-order valence-electron chi connectivity index (χ3n) is 4.32. The molecule has 2 rings (SSSR count). The monoisotopic (exact) mass is 412 g/mol. The molecular weight excluding hydrogens is 384 g/mol. The molecule has 1 N–H and O–H groups in total. The van der Waals surface area contributed by atoms with Crippen molar-refractivity contribution < 1.29 is 38.6 Å². The van der Waals surface area contributed by atoms with E-state index in [9.17, 15) is 29.1 Å². The standard InChI is InChI=1S/C19H28N2O8/c1-18(2,3)28-16(26)20-11(7-8-13(20)22)14(23)21(12-9-10(12)15(24)25)17(27)29-19(4,5)6/h10-12H,7-9H2,1-6H3,(H,24,25)/t10-,11?,12-/m1/s1. The molecule has 29 heavy (non-hydrogen) atoms. The third-order valence-corrected chi connectivity index (χ3v) is 4.32.